The fourth-order valence-electron chi connectivity index (χ4n) is 2.10. The topological polar surface area (TPSA) is 37.9 Å². The molecule has 3 rings (SSSR count). The van der Waals surface area contributed by atoms with E-state index in [1.54, 1.807) is 6.20 Å². The van der Waals surface area contributed by atoms with Gasteiger partial charge in [0, 0.05) is 30.1 Å². The lowest BCUT2D eigenvalue weighted by Gasteiger charge is -2.10. The van der Waals surface area contributed by atoms with Crippen LogP contribution in [0.25, 0.3) is 0 Å². The molecule has 1 N–H and O–H groups in total. The number of imidazole rings is 1. The Labute approximate surface area is 108 Å². The van der Waals surface area contributed by atoms with Crippen LogP contribution in [0.2, 0.25) is 0 Å². The molecule has 0 amide bonds. The molecule has 0 bridgehead atoms. The van der Waals surface area contributed by atoms with Crippen LogP contribution in [0.15, 0.2) is 30.6 Å². The molecule has 88 valence electrons. The molecular formula is C13H13BrN2O. The quantitative estimate of drug-likeness (QED) is 0.883. The summed E-state index contributed by atoms with van der Waals surface area (Å²) in [5.41, 5.74) is 2.59. The minimum Gasteiger partial charge on any atom is -0.493 e. The maximum atomic E-state index is 5.51. The van der Waals surface area contributed by atoms with Crippen LogP contribution in [0.3, 0.4) is 0 Å². The second-order valence-corrected chi connectivity index (χ2v) is 5.28. The van der Waals surface area contributed by atoms with E-state index in [4.69, 9.17) is 4.74 Å². The number of alkyl halides is 1. The summed E-state index contributed by atoms with van der Waals surface area (Å²) in [6, 6.07) is 6.41. The maximum absolute atomic E-state index is 5.51. The summed E-state index contributed by atoms with van der Waals surface area (Å²) in [6.07, 6.45) is 5.52. The van der Waals surface area contributed by atoms with Crippen LogP contribution in [0.5, 0.6) is 5.75 Å². The normalized spacial score (nSPS) is 15.4. The predicted octanol–water partition coefficient (Wildman–Crippen LogP) is 3.02. The Bertz CT molecular complexity index is 510. The van der Waals surface area contributed by atoms with Gasteiger partial charge in [-0.25, -0.2) is 4.98 Å². The van der Waals surface area contributed by atoms with Gasteiger partial charge in [0.25, 0.3) is 0 Å². The molecule has 0 spiro atoms. The zero-order chi connectivity index (χ0) is 11.7. The van der Waals surface area contributed by atoms with Crippen molar-refractivity contribution < 1.29 is 4.74 Å². The van der Waals surface area contributed by atoms with Crippen molar-refractivity contribution in [1.29, 1.82) is 0 Å². The smallest absolute Gasteiger partial charge is 0.122 e. The molecule has 0 aliphatic carbocycles. The van der Waals surface area contributed by atoms with E-state index < -0.39 is 0 Å². The van der Waals surface area contributed by atoms with Gasteiger partial charge in [0.15, 0.2) is 0 Å². The molecular weight excluding hydrogens is 280 g/mol. The second kappa shape index (κ2) is 4.53. The van der Waals surface area contributed by atoms with Gasteiger partial charge >= 0.3 is 0 Å². The first kappa shape index (κ1) is 10.8. The summed E-state index contributed by atoms with van der Waals surface area (Å²) in [7, 11) is 0. The molecule has 0 saturated carbocycles. The van der Waals surface area contributed by atoms with Gasteiger partial charge in [-0.1, -0.05) is 28.1 Å². The average Bonchev–Trinajstić information content (AvgIpc) is 2.97. The maximum Gasteiger partial charge on any atom is 0.122 e. The van der Waals surface area contributed by atoms with Gasteiger partial charge in [-0.2, -0.15) is 0 Å². The summed E-state index contributed by atoms with van der Waals surface area (Å²) in [4.78, 5) is 7.66. The van der Waals surface area contributed by atoms with Gasteiger partial charge in [-0.3, -0.25) is 0 Å². The molecule has 2 aromatic rings. The highest BCUT2D eigenvalue weighted by molar-refractivity contribution is 9.09. The van der Waals surface area contributed by atoms with Crippen molar-refractivity contribution in [1.82, 2.24) is 9.97 Å². The van der Waals surface area contributed by atoms with Crippen LogP contribution in [0.1, 0.15) is 21.8 Å². The van der Waals surface area contributed by atoms with E-state index in [0.717, 1.165) is 31.0 Å². The van der Waals surface area contributed by atoms with Crippen LogP contribution in [-0.4, -0.2) is 16.6 Å². The van der Waals surface area contributed by atoms with Crippen molar-refractivity contribution in [3.63, 3.8) is 0 Å². The van der Waals surface area contributed by atoms with Gasteiger partial charge in [0.1, 0.15) is 11.6 Å². The van der Waals surface area contributed by atoms with E-state index in [-0.39, 0.29) is 0 Å². The number of hydrogen-bond donors (Lipinski definition) is 1. The van der Waals surface area contributed by atoms with Crippen molar-refractivity contribution in [2.24, 2.45) is 0 Å². The number of ether oxygens (including phenoxy) is 1. The van der Waals surface area contributed by atoms with E-state index >= 15 is 0 Å². The third kappa shape index (κ3) is 2.22. The van der Waals surface area contributed by atoms with Crippen molar-refractivity contribution in [2.75, 3.05) is 6.61 Å². The fourth-order valence-corrected chi connectivity index (χ4v) is 2.69. The minimum absolute atomic E-state index is 0.291. The lowest BCUT2D eigenvalue weighted by molar-refractivity contribution is 0.357. The molecule has 1 aliphatic heterocycles. The number of benzene rings is 1. The number of nitrogens with zero attached hydrogens (tertiary/aromatic N) is 1. The zero-order valence-electron chi connectivity index (χ0n) is 9.32. The van der Waals surface area contributed by atoms with Crippen molar-refractivity contribution in [2.45, 2.75) is 17.7 Å². The number of aromatic nitrogens is 2. The number of fused-ring (bicyclic) bond motifs is 1. The number of aromatic amines is 1. The Balaban J connectivity index is 1.79. The molecule has 0 fully saturated rings. The molecule has 3 nitrogen and oxygen atoms in total. The monoisotopic (exact) mass is 292 g/mol. The van der Waals surface area contributed by atoms with Crippen molar-refractivity contribution in [3.05, 3.63) is 47.5 Å². The van der Waals surface area contributed by atoms with E-state index in [1.165, 1.54) is 11.1 Å². The van der Waals surface area contributed by atoms with Gasteiger partial charge < -0.3 is 9.72 Å². The standard InChI is InChI=1S/C13H13BrN2O/c14-11(8-13-15-4-5-16-13)9-1-2-12-10(7-9)3-6-17-12/h1-2,4-5,7,11H,3,6,8H2,(H,15,16). The summed E-state index contributed by atoms with van der Waals surface area (Å²) in [5, 5.41) is 0. The van der Waals surface area contributed by atoms with E-state index in [2.05, 4.69) is 44.1 Å². The van der Waals surface area contributed by atoms with Crippen molar-refractivity contribution >= 4 is 15.9 Å². The molecule has 4 heteroatoms. The Morgan fingerprint density at radius 2 is 2.41 bits per heavy atom. The average molecular weight is 293 g/mol. The Hall–Kier alpha value is -1.29. The Morgan fingerprint density at radius 3 is 3.24 bits per heavy atom. The third-order valence-corrected chi connectivity index (χ3v) is 3.86. The molecule has 1 unspecified atom stereocenters. The van der Waals surface area contributed by atoms with Gasteiger partial charge in [-0.15, -0.1) is 0 Å². The number of rotatable bonds is 3. The highest BCUT2D eigenvalue weighted by atomic mass is 79.9. The van der Waals surface area contributed by atoms with Crippen LogP contribution in [0, 0.1) is 0 Å². The number of halogens is 1. The van der Waals surface area contributed by atoms with Gasteiger partial charge in [0.2, 0.25) is 0 Å². The number of nitrogens with one attached hydrogen (secondary N) is 1. The van der Waals surface area contributed by atoms with Crippen LogP contribution in [-0.2, 0) is 12.8 Å². The van der Waals surface area contributed by atoms with Gasteiger partial charge in [0.05, 0.1) is 6.61 Å². The molecule has 17 heavy (non-hydrogen) atoms. The van der Waals surface area contributed by atoms with Crippen LogP contribution in [0.4, 0.5) is 0 Å². The highest BCUT2D eigenvalue weighted by Gasteiger charge is 2.16. The molecule has 0 radical (unpaired) electrons. The zero-order valence-corrected chi connectivity index (χ0v) is 10.9. The first-order valence-electron chi connectivity index (χ1n) is 5.71. The third-order valence-electron chi connectivity index (χ3n) is 3.00. The predicted molar refractivity (Wildman–Crippen MR) is 69.6 cm³/mol. The summed E-state index contributed by atoms with van der Waals surface area (Å²) >= 11 is 3.71. The summed E-state index contributed by atoms with van der Waals surface area (Å²) in [5.74, 6) is 2.04. The van der Waals surface area contributed by atoms with Gasteiger partial charge in [-0.05, 0) is 17.2 Å². The lowest BCUT2D eigenvalue weighted by Crippen LogP contribution is -1.97. The largest absolute Gasteiger partial charge is 0.493 e. The highest BCUT2D eigenvalue weighted by Crippen LogP contribution is 2.32. The Morgan fingerprint density at radius 1 is 1.47 bits per heavy atom. The fraction of sp³-hybridized carbons (Fsp3) is 0.308. The summed E-state index contributed by atoms with van der Waals surface area (Å²) < 4.78 is 5.51. The summed E-state index contributed by atoms with van der Waals surface area (Å²) in [6.45, 7) is 0.809. The minimum atomic E-state index is 0.291. The first-order valence-corrected chi connectivity index (χ1v) is 6.62. The van der Waals surface area contributed by atoms with Crippen LogP contribution >= 0.6 is 15.9 Å². The molecule has 1 aromatic carbocycles. The second-order valence-electron chi connectivity index (χ2n) is 4.17. The molecule has 2 heterocycles. The van der Waals surface area contributed by atoms with E-state index in [1.807, 2.05) is 6.20 Å². The molecule has 1 aliphatic rings. The molecule has 1 atom stereocenters. The molecule has 0 saturated heterocycles. The Kier molecular flexibility index (Phi) is 2.89. The van der Waals surface area contributed by atoms with E-state index in [9.17, 15) is 0 Å². The van der Waals surface area contributed by atoms with Crippen LogP contribution < -0.4 is 4.74 Å². The lowest BCUT2D eigenvalue weighted by atomic mass is 10.0. The van der Waals surface area contributed by atoms with Crippen molar-refractivity contribution in [3.8, 4) is 5.75 Å². The number of H-pyrrole nitrogens is 1. The first-order chi connectivity index (χ1) is 8.33. The SMILES string of the molecule is BrC(Cc1ncc[nH]1)c1ccc2c(c1)CCO2. The molecule has 1 aromatic heterocycles. The number of hydrogen-bond acceptors (Lipinski definition) is 2. The van der Waals surface area contributed by atoms with E-state index in [0.29, 0.717) is 4.83 Å².